The van der Waals surface area contributed by atoms with Gasteiger partial charge in [0.05, 0.1) is 0 Å². The molecular formula is C20H44O4Pb. The Morgan fingerprint density at radius 3 is 0.840 bits per heavy atom. The SMILES string of the molecule is CCCCC[O][Pb]([O]CCCCC)([O]CCCCC)[O]CCCCC. The first-order valence-electron chi connectivity index (χ1n) is 10.8. The number of rotatable bonds is 20. The fraction of sp³-hybridized carbons (Fsp3) is 1.00. The Morgan fingerprint density at radius 1 is 0.400 bits per heavy atom. The summed E-state index contributed by atoms with van der Waals surface area (Å²) in [6.07, 6.45) is 13.8. The van der Waals surface area contributed by atoms with Crippen LogP contribution in [0.1, 0.15) is 105 Å². The van der Waals surface area contributed by atoms with Crippen molar-refractivity contribution in [1.29, 1.82) is 0 Å². The second-order valence-corrected chi connectivity index (χ2v) is 15.1. The summed E-state index contributed by atoms with van der Waals surface area (Å²) >= 11 is -4.01. The topological polar surface area (TPSA) is 36.9 Å². The van der Waals surface area contributed by atoms with Crippen molar-refractivity contribution < 1.29 is 10.7 Å². The van der Waals surface area contributed by atoms with E-state index in [0.29, 0.717) is 26.4 Å². The zero-order valence-corrected chi connectivity index (χ0v) is 21.3. The molecule has 0 aromatic rings. The van der Waals surface area contributed by atoms with Crippen LogP contribution in [0.15, 0.2) is 0 Å². The summed E-state index contributed by atoms with van der Waals surface area (Å²) < 4.78 is 24.9. The van der Waals surface area contributed by atoms with Crippen molar-refractivity contribution in [2.75, 3.05) is 26.4 Å². The molecule has 0 spiro atoms. The van der Waals surface area contributed by atoms with Crippen molar-refractivity contribution in [2.24, 2.45) is 0 Å². The quantitative estimate of drug-likeness (QED) is 0.131. The van der Waals surface area contributed by atoms with E-state index in [-0.39, 0.29) is 0 Å². The first-order chi connectivity index (χ1) is 12.2. The van der Waals surface area contributed by atoms with E-state index in [1.165, 1.54) is 51.4 Å². The van der Waals surface area contributed by atoms with Crippen LogP contribution < -0.4 is 0 Å². The normalized spacial score (nSPS) is 12.0. The van der Waals surface area contributed by atoms with Crippen molar-refractivity contribution in [3.63, 3.8) is 0 Å². The predicted molar refractivity (Wildman–Crippen MR) is 108 cm³/mol. The van der Waals surface area contributed by atoms with Gasteiger partial charge in [0.1, 0.15) is 0 Å². The van der Waals surface area contributed by atoms with E-state index in [1.54, 1.807) is 0 Å². The Labute approximate surface area is 164 Å². The summed E-state index contributed by atoms with van der Waals surface area (Å²) in [6.45, 7) is 11.7. The third-order valence-corrected chi connectivity index (χ3v) is 12.8. The van der Waals surface area contributed by atoms with Crippen LogP contribution in [-0.4, -0.2) is 49.4 Å². The Kier molecular flexibility index (Phi) is 20.1. The van der Waals surface area contributed by atoms with E-state index >= 15 is 0 Å². The standard InChI is InChI=1S/4C5H11O.Pb/c4*1-2-3-4-5-6;/h4*2-5H2,1H3;/q4*-1;+4. The van der Waals surface area contributed by atoms with Gasteiger partial charge in [-0.3, -0.25) is 0 Å². The van der Waals surface area contributed by atoms with Gasteiger partial charge in [-0.1, -0.05) is 0 Å². The number of unbranched alkanes of at least 4 members (excludes halogenated alkanes) is 8. The molecule has 0 N–H and O–H groups in total. The fourth-order valence-electron chi connectivity index (χ4n) is 2.45. The van der Waals surface area contributed by atoms with E-state index in [2.05, 4.69) is 27.7 Å². The van der Waals surface area contributed by atoms with E-state index in [1.807, 2.05) is 0 Å². The fourth-order valence-corrected chi connectivity index (χ4v) is 10.5. The molecule has 5 heteroatoms. The van der Waals surface area contributed by atoms with Gasteiger partial charge in [-0.05, 0) is 0 Å². The van der Waals surface area contributed by atoms with Gasteiger partial charge in [0.2, 0.25) is 0 Å². The van der Waals surface area contributed by atoms with Crippen molar-refractivity contribution in [1.82, 2.24) is 0 Å². The van der Waals surface area contributed by atoms with Crippen LogP contribution in [0.4, 0.5) is 0 Å². The summed E-state index contributed by atoms with van der Waals surface area (Å²) in [6, 6.07) is 0. The van der Waals surface area contributed by atoms with Gasteiger partial charge in [-0.25, -0.2) is 0 Å². The molecule has 0 unspecified atom stereocenters. The van der Waals surface area contributed by atoms with Crippen LogP contribution in [0, 0.1) is 0 Å². The molecule has 0 aliphatic heterocycles. The van der Waals surface area contributed by atoms with Gasteiger partial charge >= 0.3 is 165 Å². The van der Waals surface area contributed by atoms with Crippen molar-refractivity contribution >= 4 is 23.0 Å². The molecule has 0 aliphatic carbocycles. The molecule has 0 heterocycles. The second-order valence-electron chi connectivity index (χ2n) is 6.72. The summed E-state index contributed by atoms with van der Waals surface area (Å²) in [5.74, 6) is 0. The van der Waals surface area contributed by atoms with E-state index in [9.17, 15) is 0 Å². The van der Waals surface area contributed by atoms with Crippen LogP contribution in [0.5, 0.6) is 0 Å². The molecule has 0 aromatic carbocycles. The monoisotopic (exact) mass is 556 g/mol. The van der Waals surface area contributed by atoms with Gasteiger partial charge in [0.25, 0.3) is 0 Å². The third kappa shape index (κ3) is 15.5. The summed E-state index contributed by atoms with van der Waals surface area (Å²) in [5, 5.41) is 0. The summed E-state index contributed by atoms with van der Waals surface area (Å²) in [4.78, 5) is 0. The molecule has 25 heavy (non-hydrogen) atoms. The Hall–Kier alpha value is 0.762. The van der Waals surface area contributed by atoms with Crippen molar-refractivity contribution in [3.05, 3.63) is 0 Å². The predicted octanol–water partition coefficient (Wildman–Crippen LogP) is 6.25. The molecule has 0 saturated heterocycles. The maximum atomic E-state index is 6.23. The van der Waals surface area contributed by atoms with Gasteiger partial charge in [-0.15, -0.1) is 0 Å². The van der Waals surface area contributed by atoms with E-state index in [4.69, 9.17) is 10.7 Å². The van der Waals surface area contributed by atoms with Crippen molar-refractivity contribution in [3.8, 4) is 0 Å². The van der Waals surface area contributed by atoms with Crippen LogP contribution in [0.2, 0.25) is 0 Å². The molecule has 0 radical (unpaired) electrons. The van der Waals surface area contributed by atoms with Gasteiger partial charge in [0, 0.05) is 0 Å². The number of hydrogen-bond acceptors (Lipinski definition) is 4. The third-order valence-electron chi connectivity index (χ3n) is 4.11. The molecule has 0 aliphatic rings. The molecule has 0 rings (SSSR count). The molecular weight excluding hydrogens is 511 g/mol. The maximum absolute atomic E-state index is 6.23. The molecule has 0 bridgehead atoms. The van der Waals surface area contributed by atoms with Crippen LogP contribution in [-0.2, 0) is 10.7 Å². The minimum absolute atomic E-state index is 0.713. The average Bonchev–Trinajstić information content (AvgIpc) is 2.63. The molecule has 0 saturated carbocycles. The van der Waals surface area contributed by atoms with Gasteiger partial charge in [-0.2, -0.15) is 0 Å². The van der Waals surface area contributed by atoms with Crippen LogP contribution >= 0.6 is 0 Å². The van der Waals surface area contributed by atoms with Crippen LogP contribution in [0.3, 0.4) is 0 Å². The Balaban J connectivity index is 4.62. The van der Waals surface area contributed by atoms with E-state index in [0.717, 1.165) is 25.7 Å². The summed E-state index contributed by atoms with van der Waals surface area (Å²) in [5.41, 5.74) is 0. The minimum atomic E-state index is -4.01. The van der Waals surface area contributed by atoms with Gasteiger partial charge < -0.3 is 0 Å². The molecule has 0 aromatic heterocycles. The van der Waals surface area contributed by atoms with Crippen molar-refractivity contribution in [2.45, 2.75) is 105 Å². The van der Waals surface area contributed by atoms with Crippen LogP contribution in [0.25, 0.3) is 0 Å². The first kappa shape index (κ1) is 25.8. The second kappa shape index (κ2) is 19.5. The Morgan fingerprint density at radius 2 is 0.640 bits per heavy atom. The molecule has 0 amide bonds. The zero-order valence-electron chi connectivity index (χ0n) is 17.4. The molecule has 0 atom stereocenters. The first-order valence-corrected chi connectivity index (χ1v) is 17.1. The zero-order chi connectivity index (χ0) is 18.6. The molecule has 4 nitrogen and oxygen atoms in total. The van der Waals surface area contributed by atoms with E-state index < -0.39 is 23.0 Å². The number of hydrogen-bond donors (Lipinski definition) is 0. The average molecular weight is 556 g/mol. The summed E-state index contributed by atoms with van der Waals surface area (Å²) in [7, 11) is 0. The molecule has 152 valence electrons. The molecule has 0 fully saturated rings. The Bertz CT molecular complexity index is 211. The van der Waals surface area contributed by atoms with Gasteiger partial charge in [0.15, 0.2) is 0 Å².